The average molecular weight is 488 g/mol. The van der Waals surface area contributed by atoms with Gasteiger partial charge in [0.1, 0.15) is 17.5 Å². The third-order valence-corrected chi connectivity index (χ3v) is 5.39. The number of rotatable bonds is 5. The monoisotopic (exact) mass is 487 g/mol. The van der Waals surface area contributed by atoms with Crippen LogP contribution in [0.5, 0.6) is 6.01 Å². The minimum absolute atomic E-state index is 0.0317. The van der Waals surface area contributed by atoms with Crippen LogP contribution in [0.25, 0.3) is 17.1 Å². The molecule has 0 atom stereocenters. The number of carboxylic acid groups (broad SMARTS) is 1. The van der Waals surface area contributed by atoms with Gasteiger partial charge in [0.2, 0.25) is 0 Å². The minimum Gasteiger partial charge on any atom is -0.465 e. The van der Waals surface area contributed by atoms with Gasteiger partial charge in [0.05, 0.1) is 22.5 Å². The first-order chi connectivity index (χ1) is 15.1. The molecule has 1 saturated carbocycles. The highest BCUT2D eigenvalue weighted by atomic mass is 35.5. The molecule has 1 amide bonds. The average Bonchev–Trinajstić information content (AvgIpc) is 3.16. The summed E-state index contributed by atoms with van der Waals surface area (Å²) in [6.45, 7) is 0. The Hall–Kier alpha value is -3.05. The van der Waals surface area contributed by atoms with Gasteiger partial charge in [0.15, 0.2) is 5.82 Å². The van der Waals surface area contributed by atoms with E-state index in [4.69, 9.17) is 33.0 Å². The van der Waals surface area contributed by atoms with Crippen LogP contribution < -0.4 is 10.1 Å². The van der Waals surface area contributed by atoms with Gasteiger partial charge in [-0.2, -0.15) is 18.2 Å². The fraction of sp³-hybridized carbons (Fsp3) is 0.263. The van der Waals surface area contributed by atoms with E-state index in [0.717, 1.165) is 12.1 Å². The van der Waals surface area contributed by atoms with Crippen molar-refractivity contribution in [3.05, 3.63) is 52.5 Å². The summed E-state index contributed by atoms with van der Waals surface area (Å²) in [5.41, 5.74) is -0.488. The summed E-state index contributed by atoms with van der Waals surface area (Å²) >= 11 is 11.9. The van der Waals surface area contributed by atoms with Crippen molar-refractivity contribution < 1.29 is 27.8 Å². The summed E-state index contributed by atoms with van der Waals surface area (Å²) in [5.74, 6) is 0.222. The second-order valence-corrected chi connectivity index (χ2v) is 7.85. The molecule has 0 saturated heterocycles. The Bertz CT molecular complexity index is 1170. The van der Waals surface area contributed by atoms with Gasteiger partial charge in [-0.05, 0) is 12.1 Å². The highest BCUT2D eigenvalue weighted by molar-refractivity contribution is 6.32. The Balaban J connectivity index is 1.53. The second kappa shape index (κ2) is 8.47. The summed E-state index contributed by atoms with van der Waals surface area (Å²) < 4.78 is 46.5. The number of ether oxygens (including phenoxy) is 1. The highest BCUT2D eigenvalue weighted by Gasteiger charge is 2.34. The van der Waals surface area contributed by atoms with Gasteiger partial charge in [0, 0.05) is 30.6 Å². The number of nitrogens with one attached hydrogen (secondary N) is 1. The van der Waals surface area contributed by atoms with Gasteiger partial charge in [-0.15, -0.1) is 0 Å². The lowest BCUT2D eigenvalue weighted by Gasteiger charge is -2.34. The van der Waals surface area contributed by atoms with E-state index >= 15 is 0 Å². The van der Waals surface area contributed by atoms with Crippen LogP contribution in [0.2, 0.25) is 10.0 Å². The second-order valence-electron chi connectivity index (χ2n) is 7.04. The molecule has 168 valence electrons. The fourth-order valence-electron chi connectivity index (χ4n) is 3.17. The van der Waals surface area contributed by atoms with Crippen molar-refractivity contribution in [2.75, 3.05) is 0 Å². The van der Waals surface area contributed by atoms with E-state index in [-0.39, 0.29) is 40.3 Å². The van der Waals surface area contributed by atoms with E-state index in [1.165, 1.54) is 29.4 Å². The molecular formula is C19H14Cl2F3N5O3. The Labute approximate surface area is 189 Å². The predicted octanol–water partition coefficient (Wildman–Crippen LogP) is 4.83. The zero-order valence-electron chi connectivity index (χ0n) is 16.0. The Morgan fingerprint density at radius 2 is 1.97 bits per heavy atom. The maximum absolute atomic E-state index is 13.1. The molecule has 4 rings (SSSR count). The van der Waals surface area contributed by atoms with Gasteiger partial charge >= 0.3 is 18.3 Å². The van der Waals surface area contributed by atoms with Gasteiger partial charge in [-0.25, -0.2) is 14.8 Å². The molecule has 2 N–H and O–H groups in total. The molecule has 1 aliphatic rings. The normalized spacial score (nSPS) is 18.2. The van der Waals surface area contributed by atoms with Crippen LogP contribution in [0.4, 0.5) is 18.0 Å². The van der Waals surface area contributed by atoms with Crippen LogP contribution in [0.3, 0.4) is 0 Å². The number of aromatic nitrogens is 4. The first-order valence-electron chi connectivity index (χ1n) is 9.20. The Morgan fingerprint density at radius 1 is 1.22 bits per heavy atom. The number of carbonyl (C=O) groups is 1. The third-order valence-electron chi connectivity index (χ3n) is 4.79. The first kappa shape index (κ1) is 22.2. The predicted molar refractivity (Wildman–Crippen MR) is 108 cm³/mol. The molecule has 8 nitrogen and oxygen atoms in total. The number of hydrogen-bond acceptors (Lipinski definition) is 5. The topological polar surface area (TPSA) is 102 Å². The van der Waals surface area contributed by atoms with Gasteiger partial charge in [0.25, 0.3) is 0 Å². The maximum atomic E-state index is 13.1. The van der Waals surface area contributed by atoms with Gasteiger partial charge in [-0.1, -0.05) is 29.3 Å². The quantitative estimate of drug-likeness (QED) is 0.534. The molecule has 0 spiro atoms. The summed E-state index contributed by atoms with van der Waals surface area (Å²) in [5, 5.41) is 10.8. The van der Waals surface area contributed by atoms with E-state index < -0.39 is 22.9 Å². The molecule has 13 heteroatoms. The van der Waals surface area contributed by atoms with Crippen molar-refractivity contribution in [2.24, 2.45) is 0 Å². The number of hydrogen-bond donors (Lipinski definition) is 2. The fourth-order valence-corrected chi connectivity index (χ4v) is 3.59. The van der Waals surface area contributed by atoms with Crippen LogP contribution in [0, 0.1) is 0 Å². The van der Waals surface area contributed by atoms with E-state index in [9.17, 15) is 18.0 Å². The highest BCUT2D eigenvalue weighted by Crippen LogP contribution is 2.37. The van der Waals surface area contributed by atoms with Crippen LogP contribution >= 0.6 is 23.2 Å². The maximum Gasteiger partial charge on any atom is 0.417 e. The molecule has 0 aliphatic heterocycles. The third kappa shape index (κ3) is 4.73. The van der Waals surface area contributed by atoms with Crippen LogP contribution in [-0.2, 0) is 6.18 Å². The molecule has 32 heavy (non-hydrogen) atoms. The minimum atomic E-state index is -4.60. The molecular weight excluding hydrogens is 474 g/mol. The van der Waals surface area contributed by atoms with Crippen molar-refractivity contribution in [1.82, 2.24) is 24.8 Å². The van der Waals surface area contributed by atoms with E-state index in [0.29, 0.717) is 12.8 Å². The van der Waals surface area contributed by atoms with Crippen molar-refractivity contribution in [2.45, 2.75) is 31.2 Å². The van der Waals surface area contributed by atoms with Crippen LogP contribution in [0.1, 0.15) is 18.4 Å². The Morgan fingerprint density at radius 3 is 2.66 bits per heavy atom. The number of amides is 1. The molecule has 2 aromatic heterocycles. The van der Waals surface area contributed by atoms with E-state index in [1.54, 1.807) is 0 Å². The molecule has 3 aromatic rings. The van der Waals surface area contributed by atoms with Gasteiger partial charge in [-0.3, -0.25) is 4.57 Å². The molecule has 0 radical (unpaired) electrons. The lowest BCUT2D eigenvalue weighted by atomic mass is 9.89. The molecule has 2 heterocycles. The Kier molecular flexibility index (Phi) is 5.87. The summed E-state index contributed by atoms with van der Waals surface area (Å²) in [7, 11) is 0. The molecule has 1 aromatic carbocycles. The summed E-state index contributed by atoms with van der Waals surface area (Å²) in [6.07, 6.45) is -0.857. The molecule has 1 aliphatic carbocycles. The lowest BCUT2D eigenvalue weighted by molar-refractivity contribution is -0.137. The summed E-state index contributed by atoms with van der Waals surface area (Å²) in [4.78, 5) is 23.0. The standard InChI is InChI=1S/C19H14Cl2F3N5O3/c20-13-2-1-9(3-12(13)19(22,23)24)15-7-29(8-26-15)16-14(21)6-25-17(28-16)32-11-4-10(5-11)27-18(30)31/h1-3,6-8,10-11,27H,4-5H2,(H,30,31). The number of benzene rings is 1. The van der Waals surface area contributed by atoms with E-state index in [1.807, 2.05) is 0 Å². The summed E-state index contributed by atoms with van der Waals surface area (Å²) in [6, 6.07) is 3.35. The molecule has 0 bridgehead atoms. The van der Waals surface area contributed by atoms with Crippen molar-refractivity contribution in [3.63, 3.8) is 0 Å². The number of alkyl halides is 3. The number of nitrogens with zero attached hydrogens (tertiary/aromatic N) is 4. The first-order valence-corrected chi connectivity index (χ1v) is 9.96. The van der Waals surface area contributed by atoms with Gasteiger partial charge < -0.3 is 15.2 Å². The van der Waals surface area contributed by atoms with E-state index in [2.05, 4.69) is 20.3 Å². The van der Waals surface area contributed by atoms with Crippen LogP contribution in [0.15, 0.2) is 36.9 Å². The smallest absolute Gasteiger partial charge is 0.417 e. The SMILES string of the molecule is O=C(O)NC1CC(Oc2ncc(Cl)c(-n3cnc(-c4ccc(Cl)c(C(F)(F)F)c4)c3)n2)C1. The van der Waals surface area contributed by atoms with Crippen molar-refractivity contribution >= 4 is 29.3 Å². The molecule has 0 unspecified atom stereocenters. The lowest BCUT2D eigenvalue weighted by Crippen LogP contribution is -2.48. The number of halogens is 5. The molecule has 1 fully saturated rings. The van der Waals surface area contributed by atoms with Crippen molar-refractivity contribution in [3.8, 4) is 23.1 Å². The zero-order valence-corrected chi connectivity index (χ0v) is 17.5. The van der Waals surface area contributed by atoms with Crippen molar-refractivity contribution in [1.29, 1.82) is 0 Å². The van der Waals surface area contributed by atoms with Crippen LogP contribution in [-0.4, -0.2) is 42.9 Å². The zero-order chi connectivity index (χ0) is 23.0. The largest absolute Gasteiger partial charge is 0.465 e. The number of imidazole rings is 1.